The quantitative estimate of drug-likeness (QED) is 0.457. The van der Waals surface area contributed by atoms with E-state index in [-0.39, 0.29) is 11.5 Å². The molecule has 1 fully saturated rings. The van der Waals surface area contributed by atoms with Gasteiger partial charge in [-0.2, -0.15) is 0 Å². The van der Waals surface area contributed by atoms with Crippen LogP contribution in [0, 0.1) is 13.8 Å². The highest BCUT2D eigenvalue weighted by atomic mass is 16.2. The van der Waals surface area contributed by atoms with Crippen molar-refractivity contribution in [2.45, 2.75) is 20.4 Å². The van der Waals surface area contributed by atoms with Gasteiger partial charge in [-0.15, -0.1) is 0 Å². The third kappa shape index (κ3) is 4.27. The summed E-state index contributed by atoms with van der Waals surface area (Å²) in [5, 5.41) is 1.28. The Morgan fingerprint density at radius 1 is 0.794 bits per heavy atom. The van der Waals surface area contributed by atoms with Crippen LogP contribution in [-0.2, 0) is 6.54 Å². The molecule has 5 rings (SSSR count). The molecule has 3 aromatic carbocycles. The SMILES string of the molecule is Cc1ccc(-n2cc(C(=O)N3CCN(Cc4ccccc4)CC3)c3ccccc3c2=O)cc1C. The standard InChI is InChI=1S/C29H29N3O2/c1-21-12-13-24(18-22(21)2)32-20-27(25-10-6-7-11-26(25)29(32)34)28(33)31-16-14-30(15-17-31)19-23-8-4-3-5-9-23/h3-13,18,20H,14-17,19H2,1-2H3. The first kappa shape index (κ1) is 22.1. The van der Waals surface area contributed by atoms with E-state index >= 15 is 0 Å². The van der Waals surface area contributed by atoms with E-state index in [0.717, 1.165) is 30.9 Å². The summed E-state index contributed by atoms with van der Waals surface area (Å²) in [5.74, 6) is -0.0202. The van der Waals surface area contributed by atoms with Crippen molar-refractivity contribution in [2.24, 2.45) is 0 Å². The maximum Gasteiger partial charge on any atom is 0.262 e. The zero-order valence-corrected chi connectivity index (χ0v) is 19.7. The van der Waals surface area contributed by atoms with Crippen molar-refractivity contribution in [3.8, 4) is 5.69 Å². The molecule has 1 amide bonds. The fourth-order valence-electron chi connectivity index (χ4n) is 4.65. The largest absolute Gasteiger partial charge is 0.336 e. The zero-order chi connectivity index (χ0) is 23.7. The summed E-state index contributed by atoms with van der Waals surface area (Å²) in [6, 6.07) is 23.8. The van der Waals surface area contributed by atoms with Gasteiger partial charge in [0.05, 0.1) is 5.56 Å². The molecule has 1 aromatic heterocycles. The van der Waals surface area contributed by atoms with Crippen LogP contribution in [0.4, 0.5) is 0 Å². The lowest BCUT2D eigenvalue weighted by molar-refractivity contribution is 0.0630. The molecule has 0 atom stereocenters. The van der Waals surface area contributed by atoms with Crippen LogP contribution in [-0.4, -0.2) is 46.5 Å². The van der Waals surface area contributed by atoms with Crippen molar-refractivity contribution in [1.82, 2.24) is 14.4 Å². The van der Waals surface area contributed by atoms with Crippen LogP contribution < -0.4 is 5.56 Å². The van der Waals surface area contributed by atoms with Gasteiger partial charge in [-0.05, 0) is 48.7 Å². The molecule has 1 aliphatic heterocycles. The first-order valence-electron chi connectivity index (χ1n) is 11.8. The van der Waals surface area contributed by atoms with Gasteiger partial charge in [0.1, 0.15) is 0 Å². The number of benzene rings is 3. The van der Waals surface area contributed by atoms with Gasteiger partial charge >= 0.3 is 0 Å². The van der Waals surface area contributed by atoms with Crippen LogP contribution in [0.2, 0.25) is 0 Å². The molecule has 172 valence electrons. The Balaban J connectivity index is 1.45. The van der Waals surface area contributed by atoms with Crippen molar-refractivity contribution in [3.63, 3.8) is 0 Å². The molecule has 0 bridgehead atoms. The van der Waals surface area contributed by atoms with E-state index in [9.17, 15) is 9.59 Å². The van der Waals surface area contributed by atoms with Gasteiger partial charge in [-0.1, -0.05) is 54.6 Å². The monoisotopic (exact) mass is 451 g/mol. The van der Waals surface area contributed by atoms with Crippen molar-refractivity contribution >= 4 is 16.7 Å². The number of piperazine rings is 1. The van der Waals surface area contributed by atoms with E-state index < -0.39 is 0 Å². The number of carbonyl (C=O) groups excluding carboxylic acids is 1. The van der Waals surface area contributed by atoms with Gasteiger partial charge < -0.3 is 4.90 Å². The summed E-state index contributed by atoms with van der Waals surface area (Å²) >= 11 is 0. The molecule has 0 unspecified atom stereocenters. The molecule has 0 spiro atoms. The number of hydrogen-bond donors (Lipinski definition) is 0. The van der Waals surface area contributed by atoms with Gasteiger partial charge in [-0.25, -0.2) is 0 Å². The van der Waals surface area contributed by atoms with Gasteiger partial charge in [0, 0.05) is 55.4 Å². The predicted molar refractivity (Wildman–Crippen MR) is 137 cm³/mol. The normalized spacial score (nSPS) is 14.5. The summed E-state index contributed by atoms with van der Waals surface area (Å²) in [6.07, 6.45) is 1.73. The summed E-state index contributed by atoms with van der Waals surface area (Å²) < 4.78 is 1.62. The number of amides is 1. The summed E-state index contributed by atoms with van der Waals surface area (Å²) in [5.41, 5.74) is 4.81. The first-order chi connectivity index (χ1) is 16.5. The minimum Gasteiger partial charge on any atom is -0.336 e. The highest BCUT2D eigenvalue weighted by Gasteiger charge is 2.25. The Hall–Kier alpha value is -3.70. The second-order valence-electron chi connectivity index (χ2n) is 9.09. The molecule has 4 aromatic rings. The third-order valence-electron chi connectivity index (χ3n) is 6.83. The fraction of sp³-hybridized carbons (Fsp3) is 0.241. The van der Waals surface area contributed by atoms with E-state index in [1.54, 1.807) is 10.8 Å². The van der Waals surface area contributed by atoms with E-state index in [1.807, 2.05) is 60.4 Å². The van der Waals surface area contributed by atoms with Crippen LogP contribution in [0.15, 0.2) is 83.8 Å². The molecule has 0 aliphatic carbocycles. The van der Waals surface area contributed by atoms with Crippen molar-refractivity contribution < 1.29 is 4.79 Å². The number of aryl methyl sites for hydroxylation is 2. The minimum absolute atomic E-state index is 0.0202. The molecule has 2 heterocycles. The molecule has 5 heteroatoms. The lowest BCUT2D eigenvalue weighted by Gasteiger charge is -2.35. The maximum atomic E-state index is 13.7. The summed E-state index contributed by atoms with van der Waals surface area (Å²) in [4.78, 5) is 31.3. The zero-order valence-electron chi connectivity index (χ0n) is 19.7. The van der Waals surface area contributed by atoms with E-state index in [1.165, 1.54) is 11.1 Å². The van der Waals surface area contributed by atoms with E-state index in [4.69, 9.17) is 0 Å². The second kappa shape index (κ2) is 9.27. The van der Waals surface area contributed by atoms with Crippen LogP contribution in [0.3, 0.4) is 0 Å². The number of pyridine rings is 1. The Morgan fingerprint density at radius 3 is 2.18 bits per heavy atom. The number of nitrogens with zero attached hydrogens (tertiary/aromatic N) is 3. The smallest absolute Gasteiger partial charge is 0.262 e. The van der Waals surface area contributed by atoms with Crippen LogP contribution in [0.1, 0.15) is 27.0 Å². The topological polar surface area (TPSA) is 45.6 Å². The van der Waals surface area contributed by atoms with Crippen LogP contribution >= 0.6 is 0 Å². The number of carbonyl (C=O) groups is 1. The molecule has 34 heavy (non-hydrogen) atoms. The molecule has 0 saturated carbocycles. The number of hydrogen-bond acceptors (Lipinski definition) is 3. The van der Waals surface area contributed by atoms with Crippen molar-refractivity contribution in [1.29, 1.82) is 0 Å². The first-order valence-corrected chi connectivity index (χ1v) is 11.8. The summed E-state index contributed by atoms with van der Waals surface area (Å²) in [7, 11) is 0. The average molecular weight is 452 g/mol. The Bertz CT molecular complexity index is 1400. The van der Waals surface area contributed by atoms with Gasteiger partial charge in [-0.3, -0.25) is 19.1 Å². The second-order valence-corrected chi connectivity index (χ2v) is 9.09. The third-order valence-corrected chi connectivity index (χ3v) is 6.83. The van der Waals surface area contributed by atoms with Crippen LogP contribution in [0.5, 0.6) is 0 Å². The molecule has 5 nitrogen and oxygen atoms in total. The highest BCUT2D eigenvalue weighted by molar-refractivity contribution is 6.06. The Morgan fingerprint density at radius 2 is 1.47 bits per heavy atom. The van der Waals surface area contributed by atoms with E-state index in [0.29, 0.717) is 29.4 Å². The molecular weight excluding hydrogens is 422 g/mol. The lowest BCUT2D eigenvalue weighted by Crippen LogP contribution is -2.48. The Labute approximate surface area is 199 Å². The minimum atomic E-state index is -0.108. The van der Waals surface area contributed by atoms with Crippen LogP contribution in [0.25, 0.3) is 16.5 Å². The highest BCUT2D eigenvalue weighted by Crippen LogP contribution is 2.21. The number of rotatable bonds is 4. The molecule has 0 radical (unpaired) electrons. The Kier molecular flexibility index (Phi) is 6.03. The number of aromatic nitrogens is 1. The van der Waals surface area contributed by atoms with Crippen molar-refractivity contribution in [2.75, 3.05) is 26.2 Å². The lowest BCUT2D eigenvalue weighted by atomic mass is 10.0. The maximum absolute atomic E-state index is 13.7. The molecule has 0 N–H and O–H groups in total. The van der Waals surface area contributed by atoms with Crippen molar-refractivity contribution in [3.05, 3.63) is 112 Å². The van der Waals surface area contributed by atoms with Gasteiger partial charge in [0.2, 0.25) is 0 Å². The molecular formula is C29H29N3O2. The average Bonchev–Trinajstić information content (AvgIpc) is 2.87. The molecule has 1 aliphatic rings. The molecule has 1 saturated heterocycles. The van der Waals surface area contributed by atoms with Gasteiger partial charge in [0.15, 0.2) is 0 Å². The van der Waals surface area contributed by atoms with E-state index in [2.05, 4.69) is 36.1 Å². The summed E-state index contributed by atoms with van der Waals surface area (Å²) in [6.45, 7) is 7.97. The number of fused-ring (bicyclic) bond motifs is 1. The van der Waals surface area contributed by atoms with Gasteiger partial charge in [0.25, 0.3) is 11.5 Å². The predicted octanol–water partition coefficient (Wildman–Crippen LogP) is 4.57. The fourth-order valence-corrected chi connectivity index (χ4v) is 4.65.